The monoisotopic (exact) mass is 297 g/mol. The summed E-state index contributed by atoms with van der Waals surface area (Å²) in [6.45, 7) is 1.94. The number of carboxylic acid groups (broad SMARTS) is 1. The fourth-order valence-electron chi connectivity index (χ4n) is 1.98. The van der Waals surface area contributed by atoms with Gasteiger partial charge in [-0.25, -0.2) is 0 Å². The van der Waals surface area contributed by atoms with Crippen LogP contribution in [0.2, 0.25) is 5.02 Å². The zero-order chi connectivity index (χ0) is 15.0. The van der Waals surface area contributed by atoms with Crippen molar-refractivity contribution in [3.63, 3.8) is 0 Å². The van der Waals surface area contributed by atoms with E-state index < -0.39 is 5.97 Å². The molecule has 0 aliphatic carbocycles. The zero-order valence-electron chi connectivity index (χ0n) is 11.6. The third-order valence-corrected chi connectivity index (χ3v) is 3.12. The number of unbranched alkanes of at least 4 members (excludes halogenated alkanes) is 1. The van der Waals surface area contributed by atoms with Gasteiger partial charge in [-0.05, 0) is 43.9 Å². The maximum atomic E-state index is 11.7. The van der Waals surface area contributed by atoms with Gasteiger partial charge in [0, 0.05) is 23.9 Å². The minimum absolute atomic E-state index is 0.0282. The van der Waals surface area contributed by atoms with Gasteiger partial charge >= 0.3 is 5.97 Å². The van der Waals surface area contributed by atoms with Crippen LogP contribution in [-0.2, 0) is 16.0 Å². The van der Waals surface area contributed by atoms with Gasteiger partial charge in [0.05, 0.1) is 0 Å². The topological polar surface area (TPSA) is 66.4 Å². The molecule has 2 N–H and O–H groups in total. The molecule has 4 nitrogen and oxygen atoms in total. The molecule has 1 rings (SSSR count). The lowest BCUT2D eigenvalue weighted by molar-refractivity contribution is -0.137. The fourth-order valence-corrected chi connectivity index (χ4v) is 2.19. The van der Waals surface area contributed by atoms with E-state index in [0.717, 1.165) is 12.0 Å². The van der Waals surface area contributed by atoms with Gasteiger partial charge in [-0.15, -0.1) is 0 Å². The average molecular weight is 298 g/mol. The van der Waals surface area contributed by atoms with Crippen molar-refractivity contribution in [3.05, 3.63) is 34.9 Å². The van der Waals surface area contributed by atoms with Crippen molar-refractivity contribution in [3.8, 4) is 0 Å². The molecule has 1 unspecified atom stereocenters. The van der Waals surface area contributed by atoms with E-state index in [2.05, 4.69) is 5.32 Å². The van der Waals surface area contributed by atoms with Crippen LogP contribution >= 0.6 is 11.6 Å². The maximum absolute atomic E-state index is 11.7. The number of amides is 1. The highest BCUT2D eigenvalue weighted by molar-refractivity contribution is 6.30. The highest BCUT2D eigenvalue weighted by atomic mass is 35.5. The predicted octanol–water partition coefficient (Wildman–Crippen LogP) is 3.03. The van der Waals surface area contributed by atoms with E-state index >= 15 is 0 Å². The largest absolute Gasteiger partial charge is 0.481 e. The molecule has 20 heavy (non-hydrogen) atoms. The molecule has 1 atom stereocenters. The van der Waals surface area contributed by atoms with Crippen LogP contribution in [-0.4, -0.2) is 23.0 Å². The van der Waals surface area contributed by atoms with E-state index in [1.807, 2.05) is 31.2 Å². The van der Waals surface area contributed by atoms with Gasteiger partial charge in [0.1, 0.15) is 0 Å². The summed E-state index contributed by atoms with van der Waals surface area (Å²) in [6, 6.07) is 7.59. The quantitative estimate of drug-likeness (QED) is 0.725. The third kappa shape index (κ3) is 7.14. The molecule has 0 aliphatic heterocycles. The van der Waals surface area contributed by atoms with Crippen LogP contribution in [0.3, 0.4) is 0 Å². The van der Waals surface area contributed by atoms with Gasteiger partial charge < -0.3 is 10.4 Å². The second kappa shape index (κ2) is 8.59. The number of rotatable bonds is 8. The Morgan fingerprint density at radius 2 is 2.00 bits per heavy atom. The molecule has 110 valence electrons. The van der Waals surface area contributed by atoms with Crippen molar-refractivity contribution in [2.45, 2.75) is 45.1 Å². The average Bonchev–Trinajstić information content (AvgIpc) is 2.34. The molecule has 0 aliphatic rings. The molecule has 0 spiro atoms. The number of benzene rings is 1. The van der Waals surface area contributed by atoms with Gasteiger partial charge in [0.15, 0.2) is 0 Å². The number of hydrogen-bond donors (Lipinski definition) is 2. The van der Waals surface area contributed by atoms with Crippen molar-refractivity contribution in [1.29, 1.82) is 0 Å². The fraction of sp³-hybridized carbons (Fsp3) is 0.467. The van der Waals surface area contributed by atoms with E-state index in [4.69, 9.17) is 16.7 Å². The lowest BCUT2D eigenvalue weighted by atomic mass is 10.1. The Kier molecular flexibility index (Phi) is 7.09. The highest BCUT2D eigenvalue weighted by Crippen LogP contribution is 2.12. The molecular weight excluding hydrogens is 278 g/mol. The number of hydrogen-bond acceptors (Lipinski definition) is 2. The Morgan fingerprint density at radius 3 is 2.65 bits per heavy atom. The van der Waals surface area contributed by atoms with Gasteiger partial charge in [-0.3, -0.25) is 9.59 Å². The van der Waals surface area contributed by atoms with Crippen molar-refractivity contribution in [2.75, 3.05) is 0 Å². The molecule has 1 aromatic carbocycles. The van der Waals surface area contributed by atoms with Crippen molar-refractivity contribution in [1.82, 2.24) is 5.32 Å². The Hall–Kier alpha value is -1.55. The summed E-state index contributed by atoms with van der Waals surface area (Å²) in [7, 11) is 0. The minimum Gasteiger partial charge on any atom is -0.481 e. The molecule has 0 heterocycles. The lowest BCUT2D eigenvalue weighted by Crippen LogP contribution is -2.33. The standard InChI is InChI=1S/C15H20ClNO3/c1-11(9-12-5-4-6-13(16)10-12)17-14(18)7-2-3-8-15(19)20/h4-6,10-11H,2-3,7-9H2,1H3,(H,17,18)(H,19,20). The second-order valence-electron chi connectivity index (χ2n) is 4.90. The maximum Gasteiger partial charge on any atom is 0.303 e. The molecule has 1 aromatic rings. The van der Waals surface area contributed by atoms with Crippen LogP contribution in [0.4, 0.5) is 0 Å². The number of halogens is 1. The van der Waals surface area contributed by atoms with Crippen LogP contribution in [0.1, 0.15) is 38.2 Å². The molecule has 1 amide bonds. The lowest BCUT2D eigenvalue weighted by Gasteiger charge is -2.14. The minimum atomic E-state index is -0.820. The van der Waals surface area contributed by atoms with Crippen LogP contribution in [0.15, 0.2) is 24.3 Å². The third-order valence-electron chi connectivity index (χ3n) is 2.88. The summed E-state index contributed by atoms with van der Waals surface area (Å²) in [5.74, 6) is -0.857. The summed E-state index contributed by atoms with van der Waals surface area (Å²) in [4.78, 5) is 22.0. The molecule has 0 bridgehead atoms. The number of carboxylic acids is 1. The predicted molar refractivity (Wildman–Crippen MR) is 78.9 cm³/mol. The molecule has 0 saturated carbocycles. The van der Waals surface area contributed by atoms with Gasteiger partial charge in [0.2, 0.25) is 5.91 Å². The van der Waals surface area contributed by atoms with E-state index in [0.29, 0.717) is 24.3 Å². The van der Waals surface area contributed by atoms with Crippen LogP contribution in [0, 0.1) is 0 Å². The second-order valence-corrected chi connectivity index (χ2v) is 5.34. The van der Waals surface area contributed by atoms with Gasteiger partial charge in [-0.1, -0.05) is 23.7 Å². The molecular formula is C15H20ClNO3. The molecule has 5 heteroatoms. The van der Waals surface area contributed by atoms with E-state index in [1.165, 1.54) is 0 Å². The first-order valence-electron chi connectivity index (χ1n) is 6.73. The number of carbonyl (C=O) groups is 2. The summed E-state index contributed by atoms with van der Waals surface area (Å²) in [6.07, 6.45) is 2.34. The van der Waals surface area contributed by atoms with Crippen molar-refractivity contribution >= 4 is 23.5 Å². The first-order valence-corrected chi connectivity index (χ1v) is 7.11. The number of aliphatic carboxylic acids is 1. The van der Waals surface area contributed by atoms with Crippen LogP contribution in [0.25, 0.3) is 0 Å². The molecule has 0 fully saturated rings. The highest BCUT2D eigenvalue weighted by Gasteiger charge is 2.08. The summed E-state index contributed by atoms with van der Waals surface area (Å²) >= 11 is 5.91. The van der Waals surface area contributed by atoms with Gasteiger partial charge in [-0.2, -0.15) is 0 Å². The number of nitrogens with one attached hydrogen (secondary N) is 1. The molecule has 0 saturated heterocycles. The Labute approximate surface area is 124 Å². The summed E-state index contributed by atoms with van der Waals surface area (Å²) in [5.41, 5.74) is 1.08. The first kappa shape index (κ1) is 16.5. The van der Waals surface area contributed by atoms with Crippen LogP contribution in [0.5, 0.6) is 0 Å². The number of carbonyl (C=O) groups excluding carboxylic acids is 1. The smallest absolute Gasteiger partial charge is 0.303 e. The SMILES string of the molecule is CC(Cc1cccc(Cl)c1)NC(=O)CCCCC(=O)O. The first-order chi connectivity index (χ1) is 9.47. The van der Waals surface area contributed by atoms with E-state index in [1.54, 1.807) is 0 Å². The Morgan fingerprint density at radius 1 is 1.30 bits per heavy atom. The van der Waals surface area contributed by atoms with E-state index in [-0.39, 0.29) is 18.4 Å². The normalized spacial score (nSPS) is 11.9. The summed E-state index contributed by atoms with van der Waals surface area (Å²) in [5, 5.41) is 12.1. The molecule has 0 aromatic heterocycles. The van der Waals surface area contributed by atoms with Gasteiger partial charge in [0.25, 0.3) is 0 Å². The van der Waals surface area contributed by atoms with Crippen molar-refractivity contribution in [2.24, 2.45) is 0 Å². The van der Waals surface area contributed by atoms with Crippen molar-refractivity contribution < 1.29 is 14.7 Å². The molecule has 0 radical (unpaired) electrons. The summed E-state index contributed by atoms with van der Waals surface area (Å²) < 4.78 is 0. The Bertz CT molecular complexity index is 462. The zero-order valence-corrected chi connectivity index (χ0v) is 12.3. The van der Waals surface area contributed by atoms with Crippen LogP contribution < -0.4 is 5.32 Å². The Balaban J connectivity index is 2.26. The van der Waals surface area contributed by atoms with E-state index in [9.17, 15) is 9.59 Å².